The van der Waals surface area contributed by atoms with Crippen molar-refractivity contribution in [1.29, 1.82) is 0 Å². The van der Waals surface area contributed by atoms with Gasteiger partial charge in [0.15, 0.2) is 0 Å². The van der Waals surface area contributed by atoms with Crippen molar-refractivity contribution in [2.75, 3.05) is 11.6 Å². The first-order valence-electron chi connectivity index (χ1n) is 10.7. The van der Waals surface area contributed by atoms with Gasteiger partial charge in [0, 0.05) is 32.8 Å². The summed E-state index contributed by atoms with van der Waals surface area (Å²) in [6.07, 6.45) is 1.73. The van der Waals surface area contributed by atoms with Crippen LogP contribution in [-0.2, 0) is 6.54 Å². The van der Waals surface area contributed by atoms with Crippen LogP contribution in [0.4, 0.5) is 5.95 Å². The number of hydrogen-bond acceptors (Lipinski definition) is 7. The number of hydrazone groups is 1. The Morgan fingerprint density at radius 2 is 1.85 bits per heavy atom. The molecule has 0 bridgehead atoms. The number of ether oxygens (including phenoxy) is 1. The zero-order valence-electron chi connectivity index (χ0n) is 18.8. The molecule has 9 heteroatoms. The van der Waals surface area contributed by atoms with Crippen molar-refractivity contribution in [3.05, 3.63) is 80.6 Å². The predicted molar refractivity (Wildman–Crippen MR) is 132 cm³/mol. The summed E-state index contributed by atoms with van der Waals surface area (Å²) in [6.45, 7) is 9.16. The fourth-order valence-electron chi connectivity index (χ4n) is 3.91. The van der Waals surface area contributed by atoms with Gasteiger partial charge in [-0.25, -0.2) is 9.99 Å². The third kappa shape index (κ3) is 3.79. The maximum absolute atomic E-state index is 6.19. The van der Waals surface area contributed by atoms with E-state index in [1.54, 1.807) is 17.5 Å². The summed E-state index contributed by atoms with van der Waals surface area (Å²) in [4.78, 5) is 5.64. The Hall–Kier alpha value is -3.23. The van der Waals surface area contributed by atoms with E-state index in [0.29, 0.717) is 30.0 Å². The van der Waals surface area contributed by atoms with Crippen molar-refractivity contribution in [2.24, 2.45) is 5.10 Å². The van der Waals surface area contributed by atoms with Crippen LogP contribution in [0.3, 0.4) is 0 Å². The summed E-state index contributed by atoms with van der Waals surface area (Å²) >= 11 is 7.91. The quantitative estimate of drug-likeness (QED) is 0.380. The number of fused-ring (bicyclic) bond motifs is 3. The number of benzene rings is 1. The largest absolute Gasteiger partial charge is 0.478 e. The van der Waals surface area contributed by atoms with E-state index in [9.17, 15) is 0 Å². The highest BCUT2D eigenvalue weighted by Gasteiger charge is 2.30. The summed E-state index contributed by atoms with van der Waals surface area (Å²) in [7, 11) is 0. The molecule has 1 aromatic carbocycles. The molecule has 4 heterocycles. The lowest BCUT2D eigenvalue weighted by molar-refractivity contribution is 0.322. The van der Waals surface area contributed by atoms with Gasteiger partial charge in [-0.1, -0.05) is 29.8 Å². The fraction of sp³-hybridized carbons (Fsp3) is 0.250. The zero-order chi connectivity index (χ0) is 23.1. The molecule has 0 aliphatic carbocycles. The Kier molecular flexibility index (Phi) is 5.64. The van der Waals surface area contributed by atoms with Crippen LogP contribution in [-0.4, -0.2) is 32.1 Å². The Bertz CT molecular complexity index is 1360. The van der Waals surface area contributed by atoms with Crippen molar-refractivity contribution >= 4 is 34.6 Å². The topological polar surface area (TPSA) is 68.4 Å². The molecule has 0 spiro atoms. The summed E-state index contributed by atoms with van der Waals surface area (Å²) in [5.74, 6) is 2.06. The first-order valence-corrected chi connectivity index (χ1v) is 11.9. The van der Waals surface area contributed by atoms with E-state index in [1.165, 1.54) is 10.4 Å². The molecular weight excluding hydrogens is 456 g/mol. The van der Waals surface area contributed by atoms with E-state index >= 15 is 0 Å². The lowest BCUT2D eigenvalue weighted by atomic mass is 10.00. The van der Waals surface area contributed by atoms with Gasteiger partial charge < -0.3 is 4.74 Å². The highest BCUT2D eigenvalue weighted by molar-refractivity contribution is 7.15. The van der Waals surface area contributed by atoms with Gasteiger partial charge in [0.05, 0.1) is 13.2 Å². The SMILES string of the molecule is CCOc1ncccc1CN1N=C(c2ccc(Cl)cc2)c2c(sc(C)c2C)-n2c(C)nnc21. The Labute approximate surface area is 201 Å². The van der Waals surface area contributed by atoms with Gasteiger partial charge in [0.25, 0.3) is 5.95 Å². The third-order valence-corrected chi connectivity index (χ3v) is 7.08. The van der Waals surface area contributed by atoms with Crippen LogP contribution in [0.2, 0.25) is 5.02 Å². The average Bonchev–Trinajstić information content (AvgIpc) is 3.28. The maximum Gasteiger partial charge on any atom is 0.253 e. The third-order valence-electron chi connectivity index (χ3n) is 5.63. The Morgan fingerprint density at radius 3 is 2.61 bits per heavy atom. The van der Waals surface area contributed by atoms with E-state index < -0.39 is 0 Å². The number of halogens is 1. The molecule has 0 saturated carbocycles. The summed E-state index contributed by atoms with van der Waals surface area (Å²) in [5.41, 5.74) is 5.06. The second-order valence-electron chi connectivity index (χ2n) is 7.76. The van der Waals surface area contributed by atoms with Crippen molar-refractivity contribution in [3.8, 4) is 10.9 Å². The molecule has 0 N–H and O–H groups in total. The number of thiophene rings is 1. The smallest absolute Gasteiger partial charge is 0.253 e. The summed E-state index contributed by atoms with van der Waals surface area (Å²) < 4.78 is 7.85. The molecule has 5 rings (SSSR count). The average molecular weight is 479 g/mol. The molecule has 0 atom stereocenters. The molecule has 0 saturated heterocycles. The highest BCUT2D eigenvalue weighted by Crippen LogP contribution is 2.39. The van der Waals surface area contributed by atoms with E-state index in [1.807, 2.05) is 55.3 Å². The second kappa shape index (κ2) is 8.61. The van der Waals surface area contributed by atoms with Crippen LogP contribution in [0, 0.1) is 20.8 Å². The van der Waals surface area contributed by atoms with Gasteiger partial charge in [0.1, 0.15) is 16.5 Å². The van der Waals surface area contributed by atoms with Crippen LogP contribution < -0.4 is 9.75 Å². The maximum atomic E-state index is 6.19. The number of aryl methyl sites for hydroxylation is 2. The van der Waals surface area contributed by atoms with E-state index in [2.05, 4.69) is 33.6 Å². The van der Waals surface area contributed by atoms with Crippen LogP contribution in [0.15, 0.2) is 47.7 Å². The summed E-state index contributed by atoms with van der Waals surface area (Å²) in [6, 6.07) is 11.7. The highest BCUT2D eigenvalue weighted by atomic mass is 35.5. The van der Waals surface area contributed by atoms with Gasteiger partial charge in [0.2, 0.25) is 5.88 Å². The number of anilines is 1. The molecule has 4 aromatic rings. The number of rotatable bonds is 5. The molecule has 168 valence electrons. The minimum absolute atomic E-state index is 0.436. The van der Waals surface area contributed by atoms with Gasteiger partial charge in [-0.15, -0.1) is 21.5 Å². The minimum atomic E-state index is 0.436. The van der Waals surface area contributed by atoms with E-state index in [4.69, 9.17) is 21.4 Å². The van der Waals surface area contributed by atoms with Crippen molar-refractivity contribution in [2.45, 2.75) is 34.2 Å². The van der Waals surface area contributed by atoms with Crippen LogP contribution in [0.25, 0.3) is 5.00 Å². The fourth-order valence-corrected chi connectivity index (χ4v) is 5.23. The number of hydrogen-bond donors (Lipinski definition) is 0. The summed E-state index contributed by atoms with van der Waals surface area (Å²) in [5, 5.41) is 17.7. The molecule has 0 unspecified atom stereocenters. The molecule has 1 aliphatic rings. The number of pyridine rings is 1. The number of aromatic nitrogens is 4. The van der Waals surface area contributed by atoms with Gasteiger partial charge >= 0.3 is 0 Å². The molecule has 0 amide bonds. The second-order valence-corrected chi connectivity index (χ2v) is 9.40. The van der Waals surface area contributed by atoms with Crippen LogP contribution in [0.1, 0.15) is 39.9 Å². The van der Waals surface area contributed by atoms with Gasteiger partial charge in [-0.05, 0) is 51.5 Å². The first kappa shape index (κ1) is 21.6. The Balaban J connectivity index is 1.73. The molecule has 0 radical (unpaired) electrons. The lowest BCUT2D eigenvalue weighted by Crippen LogP contribution is -2.21. The standard InChI is InChI=1S/C24H23ClN6OS/c1-5-32-22-18(7-6-12-26-22)13-30-24-28-27-16(4)31(24)23-20(14(2)15(3)33-23)21(29-30)17-8-10-19(25)11-9-17/h6-12H,5,13H2,1-4H3. The lowest BCUT2D eigenvalue weighted by Gasteiger charge is -2.19. The van der Waals surface area contributed by atoms with Crippen LogP contribution in [0.5, 0.6) is 5.88 Å². The van der Waals surface area contributed by atoms with E-state index in [0.717, 1.165) is 33.2 Å². The molecule has 0 fully saturated rings. The normalized spacial score (nSPS) is 12.8. The minimum Gasteiger partial charge on any atom is -0.478 e. The molecule has 7 nitrogen and oxygen atoms in total. The van der Waals surface area contributed by atoms with Crippen LogP contribution >= 0.6 is 22.9 Å². The first-order chi connectivity index (χ1) is 16.0. The monoisotopic (exact) mass is 478 g/mol. The number of nitrogens with zero attached hydrogens (tertiary/aromatic N) is 6. The zero-order valence-corrected chi connectivity index (χ0v) is 20.4. The molecule has 3 aromatic heterocycles. The van der Waals surface area contributed by atoms with Crippen molar-refractivity contribution in [1.82, 2.24) is 19.7 Å². The van der Waals surface area contributed by atoms with Crippen molar-refractivity contribution < 1.29 is 4.74 Å². The van der Waals surface area contributed by atoms with Gasteiger partial charge in [-0.3, -0.25) is 4.57 Å². The van der Waals surface area contributed by atoms with Gasteiger partial charge in [-0.2, -0.15) is 5.10 Å². The van der Waals surface area contributed by atoms with Crippen molar-refractivity contribution in [3.63, 3.8) is 0 Å². The Morgan fingerprint density at radius 1 is 1.06 bits per heavy atom. The molecule has 33 heavy (non-hydrogen) atoms. The van der Waals surface area contributed by atoms with E-state index in [-0.39, 0.29) is 0 Å². The molecular formula is C24H23ClN6OS. The predicted octanol–water partition coefficient (Wildman–Crippen LogP) is 5.47. The molecule has 1 aliphatic heterocycles.